The van der Waals surface area contributed by atoms with Crippen LogP contribution in [-0.2, 0) is 6.42 Å². The Morgan fingerprint density at radius 2 is 2.20 bits per heavy atom. The summed E-state index contributed by atoms with van der Waals surface area (Å²) >= 11 is 5.99. The van der Waals surface area contributed by atoms with Crippen molar-refractivity contribution in [2.75, 3.05) is 0 Å². The minimum absolute atomic E-state index is 0.0804. The van der Waals surface area contributed by atoms with Crippen LogP contribution in [0.5, 0.6) is 0 Å². The quantitative estimate of drug-likeness (QED) is 0.844. The van der Waals surface area contributed by atoms with Gasteiger partial charge in [0, 0.05) is 11.1 Å². The van der Waals surface area contributed by atoms with Gasteiger partial charge < -0.3 is 5.73 Å². The second-order valence-electron chi connectivity index (χ2n) is 4.70. The van der Waals surface area contributed by atoms with E-state index in [4.69, 9.17) is 17.3 Å². The Morgan fingerprint density at radius 3 is 2.80 bits per heavy atom. The van der Waals surface area contributed by atoms with Crippen molar-refractivity contribution >= 4 is 11.6 Å². The molecular formula is C12H15ClFN. The summed E-state index contributed by atoms with van der Waals surface area (Å²) in [5, 5.41) is 0.608. The zero-order valence-electron chi connectivity index (χ0n) is 8.76. The van der Waals surface area contributed by atoms with Gasteiger partial charge in [-0.05, 0) is 48.4 Å². The molecule has 1 aromatic carbocycles. The Balaban J connectivity index is 2.13. The number of nitrogens with two attached hydrogens (primary N) is 1. The van der Waals surface area contributed by atoms with Crippen LogP contribution in [0.2, 0.25) is 5.02 Å². The molecule has 2 rings (SSSR count). The number of halogens is 2. The Hall–Kier alpha value is -0.600. The lowest BCUT2D eigenvalue weighted by Crippen LogP contribution is -2.31. The van der Waals surface area contributed by atoms with Gasteiger partial charge in [0.25, 0.3) is 0 Å². The van der Waals surface area contributed by atoms with Crippen LogP contribution >= 0.6 is 11.6 Å². The van der Waals surface area contributed by atoms with Crippen molar-refractivity contribution in [1.29, 1.82) is 0 Å². The van der Waals surface area contributed by atoms with Crippen LogP contribution in [0.15, 0.2) is 18.2 Å². The maximum Gasteiger partial charge on any atom is 0.123 e. The molecule has 1 fully saturated rings. The van der Waals surface area contributed by atoms with E-state index in [0.29, 0.717) is 11.4 Å². The molecule has 0 spiro atoms. The third-order valence-corrected chi connectivity index (χ3v) is 3.75. The van der Waals surface area contributed by atoms with Gasteiger partial charge in [-0.15, -0.1) is 0 Å². The van der Waals surface area contributed by atoms with E-state index in [9.17, 15) is 4.39 Å². The smallest absolute Gasteiger partial charge is 0.123 e. The average Bonchev–Trinajstić information content (AvgIpc) is 2.91. The minimum atomic E-state index is -0.248. The highest BCUT2D eigenvalue weighted by Crippen LogP contribution is 2.48. The molecular weight excluding hydrogens is 213 g/mol. The Labute approximate surface area is 94.4 Å². The first kappa shape index (κ1) is 10.9. The molecule has 1 nitrogen and oxygen atoms in total. The fraction of sp³-hybridized carbons (Fsp3) is 0.500. The SMILES string of the molecule is CC1(C(N)Cc2cc(F)ccc2Cl)CC1. The zero-order chi connectivity index (χ0) is 11.1. The zero-order valence-corrected chi connectivity index (χ0v) is 9.52. The predicted molar refractivity (Wildman–Crippen MR) is 60.4 cm³/mol. The second kappa shape index (κ2) is 3.76. The largest absolute Gasteiger partial charge is 0.327 e. The molecule has 1 aliphatic carbocycles. The van der Waals surface area contributed by atoms with Crippen molar-refractivity contribution in [3.63, 3.8) is 0 Å². The fourth-order valence-electron chi connectivity index (χ4n) is 1.75. The second-order valence-corrected chi connectivity index (χ2v) is 5.11. The van der Waals surface area contributed by atoms with Crippen LogP contribution < -0.4 is 5.73 Å². The lowest BCUT2D eigenvalue weighted by atomic mass is 9.93. The lowest BCUT2D eigenvalue weighted by molar-refractivity contribution is 0.432. The van der Waals surface area contributed by atoms with E-state index < -0.39 is 0 Å². The molecule has 0 amide bonds. The molecule has 15 heavy (non-hydrogen) atoms. The topological polar surface area (TPSA) is 26.0 Å². The molecule has 0 radical (unpaired) electrons. The van der Waals surface area contributed by atoms with Crippen LogP contribution in [0.4, 0.5) is 4.39 Å². The summed E-state index contributed by atoms with van der Waals surface area (Å²) < 4.78 is 13.0. The predicted octanol–water partition coefficient (Wildman–Crippen LogP) is 3.15. The number of hydrogen-bond donors (Lipinski definition) is 1. The number of benzene rings is 1. The van der Waals surface area contributed by atoms with Gasteiger partial charge in [-0.3, -0.25) is 0 Å². The molecule has 1 aromatic rings. The van der Waals surface area contributed by atoms with E-state index >= 15 is 0 Å². The minimum Gasteiger partial charge on any atom is -0.327 e. The van der Waals surface area contributed by atoms with E-state index in [0.717, 1.165) is 5.56 Å². The van der Waals surface area contributed by atoms with Crippen LogP contribution in [0.1, 0.15) is 25.3 Å². The fourth-order valence-corrected chi connectivity index (χ4v) is 1.95. The third-order valence-electron chi connectivity index (χ3n) is 3.38. The molecule has 2 N–H and O–H groups in total. The summed E-state index contributed by atoms with van der Waals surface area (Å²) in [6.07, 6.45) is 3.00. The monoisotopic (exact) mass is 227 g/mol. The van der Waals surface area contributed by atoms with Crippen molar-refractivity contribution in [3.8, 4) is 0 Å². The van der Waals surface area contributed by atoms with Crippen LogP contribution in [-0.4, -0.2) is 6.04 Å². The van der Waals surface area contributed by atoms with Gasteiger partial charge in [-0.1, -0.05) is 18.5 Å². The van der Waals surface area contributed by atoms with Gasteiger partial charge in [0.1, 0.15) is 5.82 Å². The molecule has 3 heteroatoms. The van der Waals surface area contributed by atoms with Gasteiger partial charge in [-0.2, -0.15) is 0 Å². The molecule has 0 aliphatic heterocycles. The van der Waals surface area contributed by atoms with Crippen molar-refractivity contribution < 1.29 is 4.39 Å². The lowest BCUT2D eigenvalue weighted by Gasteiger charge is -2.19. The van der Waals surface area contributed by atoms with Crippen molar-refractivity contribution in [2.24, 2.45) is 11.1 Å². The molecule has 82 valence electrons. The maximum atomic E-state index is 13.0. The van der Waals surface area contributed by atoms with Crippen molar-refractivity contribution in [1.82, 2.24) is 0 Å². The Kier molecular flexibility index (Phi) is 2.73. The summed E-state index contributed by atoms with van der Waals surface area (Å²) in [5.74, 6) is -0.248. The molecule has 1 saturated carbocycles. The molecule has 0 aromatic heterocycles. The Bertz CT molecular complexity index is 374. The van der Waals surface area contributed by atoms with Gasteiger partial charge in [0.15, 0.2) is 0 Å². The molecule has 0 bridgehead atoms. The van der Waals surface area contributed by atoms with E-state index in [1.54, 1.807) is 6.07 Å². The van der Waals surface area contributed by atoms with Gasteiger partial charge >= 0.3 is 0 Å². The highest BCUT2D eigenvalue weighted by atomic mass is 35.5. The molecule has 0 heterocycles. The first-order valence-electron chi connectivity index (χ1n) is 5.21. The Morgan fingerprint density at radius 1 is 1.53 bits per heavy atom. The highest BCUT2D eigenvalue weighted by molar-refractivity contribution is 6.31. The molecule has 1 unspecified atom stereocenters. The summed E-state index contributed by atoms with van der Waals surface area (Å²) in [4.78, 5) is 0. The van der Waals surface area contributed by atoms with Crippen molar-refractivity contribution in [3.05, 3.63) is 34.6 Å². The van der Waals surface area contributed by atoms with Crippen LogP contribution in [0.25, 0.3) is 0 Å². The number of hydrogen-bond acceptors (Lipinski definition) is 1. The summed E-state index contributed by atoms with van der Waals surface area (Å²) in [6.45, 7) is 2.17. The summed E-state index contributed by atoms with van der Waals surface area (Å²) in [6, 6.07) is 4.52. The van der Waals surface area contributed by atoms with E-state index in [2.05, 4.69) is 6.92 Å². The first-order chi connectivity index (χ1) is 7.01. The van der Waals surface area contributed by atoms with Gasteiger partial charge in [0.2, 0.25) is 0 Å². The van der Waals surface area contributed by atoms with E-state index in [1.807, 2.05) is 0 Å². The van der Waals surface area contributed by atoms with Gasteiger partial charge in [-0.25, -0.2) is 4.39 Å². The maximum absolute atomic E-state index is 13.0. The van der Waals surface area contributed by atoms with Crippen molar-refractivity contribution in [2.45, 2.75) is 32.2 Å². The summed E-state index contributed by atoms with van der Waals surface area (Å²) in [5.41, 5.74) is 7.15. The van der Waals surface area contributed by atoms with Crippen LogP contribution in [0, 0.1) is 11.2 Å². The molecule has 1 atom stereocenters. The molecule has 1 aliphatic rings. The highest BCUT2D eigenvalue weighted by Gasteiger charge is 2.42. The molecule has 0 saturated heterocycles. The number of rotatable bonds is 3. The van der Waals surface area contributed by atoms with Crippen LogP contribution in [0.3, 0.4) is 0 Å². The van der Waals surface area contributed by atoms with E-state index in [-0.39, 0.29) is 17.3 Å². The normalized spacial score (nSPS) is 20.0. The summed E-state index contributed by atoms with van der Waals surface area (Å²) in [7, 11) is 0. The third kappa shape index (κ3) is 2.32. The average molecular weight is 228 g/mol. The van der Waals surface area contributed by atoms with Gasteiger partial charge in [0.05, 0.1) is 0 Å². The standard InChI is InChI=1S/C12H15ClFN/c1-12(4-5-12)11(15)7-8-6-9(14)2-3-10(8)13/h2-3,6,11H,4-5,7,15H2,1H3. The first-order valence-corrected chi connectivity index (χ1v) is 5.58. The van der Waals surface area contributed by atoms with E-state index in [1.165, 1.54) is 25.0 Å².